The van der Waals surface area contributed by atoms with Gasteiger partial charge in [0.1, 0.15) is 17.1 Å². The molecule has 8 nitrogen and oxygen atoms in total. The highest BCUT2D eigenvalue weighted by atomic mass is 32.2. The maximum absolute atomic E-state index is 12.4. The van der Waals surface area contributed by atoms with Crippen LogP contribution in [0.4, 0.5) is 0 Å². The van der Waals surface area contributed by atoms with Crippen LogP contribution in [0, 0.1) is 0 Å². The third kappa shape index (κ3) is 3.99. The quantitative estimate of drug-likeness (QED) is 0.753. The fourth-order valence-corrected chi connectivity index (χ4v) is 3.10. The summed E-state index contributed by atoms with van der Waals surface area (Å²) in [6, 6.07) is 1.86. The molecule has 0 spiro atoms. The van der Waals surface area contributed by atoms with Crippen molar-refractivity contribution in [3.05, 3.63) is 24.0 Å². The average molecular weight is 316 g/mol. The number of aromatic nitrogens is 1. The lowest BCUT2D eigenvalue weighted by Gasteiger charge is -2.23. The standard InChI is InChI=1S/C12H16N2O6S/c1-8(2)14(7-11(15)16)21(18,19)9-4-5-10(13-6-9)12(17)20-3/h4-6,8H,7H2,1-3H3,(H,15,16). The Morgan fingerprint density at radius 1 is 1.38 bits per heavy atom. The smallest absolute Gasteiger partial charge is 0.356 e. The van der Waals surface area contributed by atoms with Gasteiger partial charge in [-0.1, -0.05) is 0 Å². The van der Waals surface area contributed by atoms with Crippen molar-refractivity contribution in [2.75, 3.05) is 13.7 Å². The van der Waals surface area contributed by atoms with E-state index >= 15 is 0 Å². The van der Waals surface area contributed by atoms with Crippen molar-refractivity contribution in [3.63, 3.8) is 0 Å². The first kappa shape index (κ1) is 17.1. The fraction of sp³-hybridized carbons (Fsp3) is 0.417. The lowest BCUT2D eigenvalue weighted by molar-refractivity contribution is -0.137. The molecule has 1 aromatic heterocycles. The van der Waals surface area contributed by atoms with Gasteiger partial charge in [0.15, 0.2) is 0 Å². The van der Waals surface area contributed by atoms with E-state index in [1.807, 2.05) is 0 Å². The van der Waals surface area contributed by atoms with Crippen LogP contribution in [0.15, 0.2) is 23.2 Å². The summed E-state index contributed by atoms with van der Waals surface area (Å²) in [4.78, 5) is 25.6. The van der Waals surface area contributed by atoms with Gasteiger partial charge in [0.05, 0.1) is 7.11 Å². The summed E-state index contributed by atoms with van der Waals surface area (Å²) in [5.41, 5.74) is -0.0363. The molecule has 0 saturated heterocycles. The Morgan fingerprint density at radius 3 is 2.38 bits per heavy atom. The molecule has 1 N–H and O–H groups in total. The summed E-state index contributed by atoms with van der Waals surface area (Å²) in [6.45, 7) is 2.48. The van der Waals surface area contributed by atoms with Gasteiger partial charge in [-0.15, -0.1) is 0 Å². The number of nitrogens with zero attached hydrogens (tertiary/aromatic N) is 2. The number of carbonyl (C=O) groups is 2. The number of carboxylic acids is 1. The Morgan fingerprint density at radius 2 is 2.00 bits per heavy atom. The molecule has 0 bridgehead atoms. The Kier molecular flexibility index (Phi) is 5.39. The molecule has 0 atom stereocenters. The number of pyridine rings is 1. The molecule has 0 saturated carbocycles. The molecule has 1 heterocycles. The van der Waals surface area contributed by atoms with Crippen LogP contribution in [0.1, 0.15) is 24.3 Å². The van der Waals surface area contributed by atoms with Crippen molar-refractivity contribution in [1.29, 1.82) is 0 Å². The predicted molar refractivity (Wildman–Crippen MR) is 72.2 cm³/mol. The van der Waals surface area contributed by atoms with Gasteiger partial charge in [-0.25, -0.2) is 18.2 Å². The van der Waals surface area contributed by atoms with E-state index in [2.05, 4.69) is 9.72 Å². The summed E-state index contributed by atoms with van der Waals surface area (Å²) < 4.78 is 30.0. The van der Waals surface area contributed by atoms with Crippen LogP contribution in [-0.2, 0) is 19.6 Å². The Labute approximate surface area is 122 Å². The molecule has 0 aliphatic rings. The van der Waals surface area contributed by atoms with Gasteiger partial charge in [-0.2, -0.15) is 4.31 Å². The highest BCUT2D eigenvalue weighted by molar-refractivity contribution is 7.89. The number of methoxy groups -OCH3 is 1. The summed E-state index contributed by atoms with van der Waals surface area (Å²) in [6.07, 6.45) is 0.999. The van der Waals surface area contributed by atoms with Crippen LogP contribution in [0.2, 0.25) is 0 Å². The second-order valence-electron chi connectivity index (χ2n) is 4.41. The first-order chi connectivity index (χ1) is 9.70. The molecule has 1 aromatic rings. The number of carbonyl (C=O) groups excluding carboxylic acids is 1. The zero-order chi connectivity index (χ0) is 16.2. The van der Waals surface area contributed by atoms with Crippen LogP contribution in [0.25, 0.3) is 0 Å². The zero-order valence-corrected chi connectivity index (χ0v) is 12.6. The number of hydrogen-bond acceptors (Lipinski definition) is 6. The molecular formula is C12H16N2O6S. The highest BCUT2D eigenvalue weighted by Gasteiger charge is 2.29. The summed E-state index contributed by atoms with van der Waals surface area (Å²) >= 11 is 0. The molecule has 0 radical (unpaired) electrons. The molecule has 0 amide bonds. The van der Waals surface area contributed by atoms with E-state index in [-0.39, 0.29) is 10.6 Å². The predicted octanol–water partition coefficient (Wildman–Crippen LogP) is 0.352. The fourth-order valence-electron chi connectivity index (χ4n) is 1.57. The number of sulfonamides is 1. The topological polar surface area (TPSA) is 114 Å². The van der Waals surface area contributed by atoms with Gasteiger partial charge >= 0.3 is 11.9 Å². The molecule has 9 heteroatoms. The molecule has 0 aliphatic heterocycles. The van der Waals surface area contributed by atoms with Crippen LogP contribution >= 0.6 is 0 Å². The van der Waals surface area contributed by atoms with Crippen LogP contribution in [0.3, 0.4) is 0 Å². The van der Waals surface area contributed by atoms with Crippen molar-refractivity contribution in [2.24, 2.45) is 0 Å². The number of hydrogen-bond donors (Lipinski definition) is 1. The summed E-state index contributed by atoms with van der Waals surface area (Å²) in [5.74, 6) is -1.95. The minimum atomic E-state index is -4.01. The monoisotopic (exact) mass is 316 g/mol. The summed E-state index contributed by atoms with van der Waals surface area (Å²) in [5, 5.41) is 8.81. The van der Waals surface area contributed by atoms with Crippen molar-refractivity contribution in [3.8, 4) is 0 Å². The molecule has 0 fully saturated rings. The highest BCUT2D eigenvalue weighted by Crippen LogP contribution is 2.17. The van der Waals surface area contributed by atoms with Gasteiger partial charge in [0.2, 0.25) is 10.0 Å². The van der Waals surface area contributed by atoms with Gasteiger partial charge in [0.25, 0.3) is 0 Å². The van der Waals surface area contributed by atoms with Crippen LogP contribution in [-0.4, -0.2) is 54.4 Å². The van der Waals surface area contributed by atoms with Crippen molar-refractivity contribution in [2.45, 2.75) is 24.8 Å². The molecular weight excluding hydrogens is 300 g/mol. The number of rotatable bonds is 6. The minimum Gasteiger partial charge on any atom is -0.480 e. The van der Waals surface area contributed by atoms with E-state index in [4.69, 9.17) is 5.11 Å². The van der Waals surface area contributed by atoms with Gasteiger partial charge < -0.3 is 9.84 Å². The number of ether oxygens (including phenoxy) is 1. The van der Waals surface area contributed by atoms with Gasteiger partial charge in [0, 0.05) is 12.2 Å². The van der Waals surface area contributed by atoms with Gasteiger partial charge in [-0.3, -0.25) is 4.79 Å². The second-order valence-corrected chi connectivity index (χ2v) is 6.30. The molecule has 0 aliphatic carbocycles. The Hall–Kier alpha value is -2.00. The number of carboxylic acid groups (broad SMARTS) is 1. The molecule has 21 heavy (non-hydrogen) atoms. The van der Waals surface area contributed by atoms with E-state index in [9.17, 15) is 18.0 Å². The van der Waals surface area contributed by atoms with E-state index in [0.717, 1.165) is 10.5 Å². The van der Waals surface area contributed by atoms with E-state index < -0.39 is 34.5 Å². The second kappa shape index (κ2) is 6.64. The number of esters is 1. The van der Waals surface area contributed by atoms with E-state index in [1.54, 1.807) is 13.8 Å². The van der Waals surface area contributed by atoms with Crippen molar-refractivity contribution >= 4 is 22.0 Å². The first-order valence-corrected chi connectivity index (χ1v) is 7.42. The molecule has 0 aromatic carbocycles. The third-order valence-corrected chi connectivity index (χ3v) is 4.61. The number of aliphatic carboxylic acids is 1. The average Bonchev–Trinajstić information content (AvgIpc) is 2.43. The Balaban J connectivity index is 3.16. The lowest BCUT2D eigenvalue weighted by Crippen LogP contribution is -2.40. The van der Waals surface area contributed by atoms with Gasteiger partial charge in [-0.05, 0) is 26.0 Å². The zero-order valence-electron chi connectivity index (χ0n) is 11.8. The maximum Gasteiger partial charge on any atom is 0.356 e. The van der Waals surface area contributed by atoms with Crippen LogP contribution < -0.4 is 0 Å². The molecule has 0 unspecified atom stereocenters. The maximum atomic E-state index is 12.4. The molecule has 1 rings (SSSR count). The lowest BCUT2D eigenvalue weighted by atomic mass is 10.3. The summed E-state index contributed by atoms with van der Waals surface area (Å²) in [7, 11) is -2.82. The SMILES string of the molecule is COC(=O)c1ccc(S(=O)(=O)N(CC(=O)O)C(C)C)cn1. The van der Waals surface area contributed by atoms with E-state index in [1.165, 1.54) is 19.2 Å². The third-order valence-electron chi connectivity index (χ3n) is 2.60. The Bertz CT molecular complexity index is 624. The normalized spacial score (nSPS) is 11.7. The molecule has 116 valence electrons. The van der Waals surface area contributed by atoms with Crippen LogP contribution in [0.5, 0.6) is 0 Å². The van der Waals surface area contributed by atoms with Crippen molar-refractivity contribution < 1.29 is 27.9 Å². The van der Waals surface area contributed by atoms with Crippen molar-refractivity contribution in [1.82, 2.24) is 9.29 Å². The first-order valence-electron chi connectivity index (χ1n) is 5.98. The van der Waals surface area contributed by atoms with E-state index in [0.29, 0.717) is 0 Å². The minimum absolute atomic E-state index is 0.0363. The largest absolute Gasteiger partial charge is 0.480 e.